The molecule has 126 valence electrons. The number of hydrogen-bond donors (Lipinski definition) is 1. The molecule has 1 aromatic heterocycles. The second kappa shape index (κ2) is 6.74. The molecule has 0 bridgehead atoms. The first kappa shape index (κ1) is 16.0. The van der Waals surface area contributed by atoms with Crippen molar-refractivity contribution in [2.24, 2.45) is 0 Å². The summed E-state index contributed by atoms with van der Waals surface area (Å²) in [6.07, 6.45) is 3.65. The van der Waals surface area contributed by atoms with E-state index in [1.807, 2.05) is 24.3 Å². The summed E-state index contributed by atoms with van der Waals surface area (Å²) >= 11 is 0. The molecule has 0 saturated carbocycles. The number of hydrogen-bond acceptors (Lipinski definition) is 5. The molecule has 1 amide bonds. The Labute approximate surface area is 139 Å². The van der Waals surface area contributed by atoms with Gasteiger partial charge in [-0.2, -0.15) is 0 Å². The van der Waals surface area contributed by atoms with Gasteiger partial charge in [0.25, 0.3) is 5.91 Å². The maximum Gasteiger partial charge on any atom is 0.433 e. The lowest BCUT2D eigenvalue weighted by Crippen LogP contribution is -2.37. The molecule has 2 heterocycles. The molecule has 2 aromatic rings. The van der Waals surface area contributed by atoms with E-state index in [9.17, 15) is 14.9 Å². The third-order valence-electron chi connectivity index (χ3n) is 4.26. The van der Waals surface area contributed by atoms with Gasteiger partial charge in [-0.05, 0) is 56.5 Å². The summed E-state index contributed by atoms with van der Waals surface area (Å²) in [5.41, 5.74) is 1.75. The van der Waals surface area contributed by atoms with Crippen molar-refractivity contribution in [2.45, 2.75) is 32.2 Å². The van der Waals surface area contributed by atoms with E-state index in [1.54, 1.807) is 0 Å². The van der Waals surface area contributed by atoms with Crippen LogP contribution >= 0.6 is 0 Å². The molecular weight excluding hydrogens is 310 g/mol. The van der Waals surface area contributed by atoms with E-state index >= 15 is 0 Å². The van der Waals surface area contributed by atoms with Crippen molar-refractivity contribution < 1.29 is 14.1 Å². The fourth-order valence-corrected chi connectivity index (χ4v) is 2.96. The Morgan fingerprint density at radius 3 is 2.62 bits per heavy atom. The minimum atomic E-state index is -0.675. The van der Waals surface area contributed by atoms with Crippen molar-refractivity contribution in [2.75, 3.05) is 16.8 Å². The Morgan fingerprint density at radius 1 is 1.25 bits per heavy atom. The maximum atomic E-state index is 12.1. The van der Waals surface area contributed by atoms with Crippen LogP contribution in [-0.4, -0.2) is 23.4 Å². The molecule has 1 atom stereocenters. The van der Waals surface area contributed by atoms with Crippen molar-refractivity contribution >= 4 is 23.2 Å². The van der Waals surface area contributed by atoms with Gasteiger partial charge in [0, 0.05) is 24.0 Å². The molecule has 0 unspecified atom stereocenters. The number of anilines is 2. The van der Waals surface area contributed by atoms with Crippen molar-refractivity contribution in [1.82, 2.24) is 0 Å². The van der Waals surface area contributed by atoms with Gasteiger partial charge in [-0.15, -0.1) is 0 Å². The highest BCUT2D eigenvalue weighted by Gasteiger charge is 2.19. The van der Waals surface area contributed by atoms with Crippen LogP contribution in [0.15, 0.2) is 40.8 Å². The van der Waals surface area contributed by atoms with Gasteiger partial charge in [0.15, 0.2) is 5.76 Å². The van der Waals surface area contributed by atoms with Gasteiger partial charge in [0.05, 0.1) is 6.07 Å². The van der Waals surface area contributed by atoms with Crippen molar-refractivity contribution in [3.05, 3.63) is 52.3 Å². The van der Waals surface area contributed by atoms with Crippen LogP contribution in [0.5, 0.6) is 0 Å². The van der Waals surface area contributed by atoms with Gasteiger partial charge in [-0.1, -0.05) is 0 Å². The number of carbonyl (C=O) groups is 1. The number of nitrogens with zero attached hydrogens (tertiary/aromatic N) is 2. The minimum Gasteiger partial charge on any atom is -0.395 e. The normalized spacial score (nSPS) is 17.5. The van der Waals surface area contributed by atoms with Crippen LogP contribution in [0.25, 0.3) is 0 Å². The second-order valence-electron chi connectivity index (χ2n) is 5.93. The quantitative estimate of drug-likeness (QED) is 0.680. The lowest BCUT2D eigenvalue weighted by Gasteiger charge is -2.35. The van der Waals surface area contributed by atoms with E-state index in [0.29, 0.717) is 11.7 Å². The Hall–Kier alpha value is -2.83. The van der Waals surface area contributed by atoms with Crippen LogP contribution in [0.1, 0.15) is 36.7 Å². The summed E-state index contributed by atoms with van der Waals surface area (Å²) in [6, 6.07) is 10.6. The Morgan fingerprint density at radius 2 is 2.00 bits per heavy atom. The summed E-state index contributed by atoms with van der Waals surface area (Å²) < 4.78 is 4.89. The van der Waals surface area contributed by atoms with Crippen LogP contribution in [0.2, 0.25) is 0 Å². The lowest BCUT2D eigenvalue weighted by molar-refractivity contribution is -0.402. The first-order valence-corrected chi connectivity index (χ1v) is 7.97. The highest BCUT2D eigenvalue weighted by molar-refractivity contribution is 6.02. The number of carbonyl (C=O) groups excluding carboxylic acids is 1. The Kier molecular flexibility index (Phi) is 4.50. The molecule has 7 heteroatoms. The van der Waals surface area contributed by atoms with Crippen LogP contribution in [0, 0.1) is 10.1 Å². The molecule has 1 saturated heterocycles. The number of nitro groups is 1. The molecule has 0 aliphatic carbocycles. The first-order valence-electron chi connectivity index (χ1n) is 7.97. The molecule has 1 fully saturated rings. The minimum absolute atomic E-state index is 0.0876. The average Bonchev–Trinajstić information content (AvgIpc) is 3.07. The molecular formula is C17H19N3O4. The summed E-state index contributed by atoms with van der Waals surface area (Å²) in [5.74, 6) is -1.05. The van der Waals surface area contributed by atoms with Crippen LogP contribution in [-0.2, 0) is 0 Å². The van der Waals surface area contributed by atoms with Crippen molar-refractivity contribution in [3.63, 3.8) is 0 Å². The van der Waals surface area contributed by atoms with Gasteiger partial charge in [-0.25, -0.2) is 0 Å². The number of piperidine rings is 1. The first-order chi connectivity index (χ1) is 11.5. The van der Waals surface area contributed by atoms with Crippen LogP contribution in [0.4, 0.5) is 17.3 Å². The third-order valence-corrected chi connectivity index (χ3v) is 4.26. The second-order valence-corrected chi connectivity index (χ2v) is 5.93. The van der Waals surface area contributed by atoms with E-state index in [-0.39, 0.29) is 5.76 Å². The van der Waals surface area contributed by atoms with Crippen molar-refractivity contribution in [1.29, 1.82) is 0 Å². The molecule has 1 N–H and O–H groups in total. The van der Waals surface area contributed by atoms with Crippen molar-refractivity contribution in [3.8, 4) is 0 Å². The maximum absolute atomic E-state index is 12.1. The summed E-state index contributed by atoms with van der Waals surface area (Å²) in [4.78, 5) is 24.3. The highest BCUT2D eigenvalue weighted by Crippen LogP contribution is 2.26. The van der Waals surface area contributed by atoms with E-state index in [4.69, 9.17) is 4.42 Å². The fourth-order valence-electron chi connectivity index (χ4n) is 2.96. The van der Waals surface area contributed by atoms with E-state index in [0.717, 1.165) is 18.3 Å². The summed E-state index contributed by atoms with van der Waals surface area (Å²) in [6.45, 7) is 3.27. The number of amides is 1. The molecule has 1 aliphatic heterocycles. The Bertz CT molecular complexity index is 739. The largest absolute Gasteiger partial charge is 0.433 e. The SMILES string of the molecule is C[C@H]1CCCCN1c1ccc(NC(=O)c2ccc([N+](=O)[O-])o2)cc1. The lowest BCUT2D eigenvalue weighted by atomic mass is 10.0. The highest BCUT2D eigenvalue weighted by atomic mass is 16.6. The smallest absolute Gasteiger partial charge is 0.395 e. The number of nitrogens with one attached hydrogen (secondary N) is 1. The number of furan rings is 1. The topological polar surface area (TPSA) is 88.6 Å². The van der Waals surface area contributed by atoms with E-state index < -0.39 is 16.7 Å². The van der Waals surface area contributed by atoms with Gasteiger partial charge >= 0.3 is 5.88 Å². The van der Waals surface area contributed by atoms with E-state index in [2.05, 4.69) is 17.1 Å². The zero-order chi connectivity index (χ0) is 17.1. The van der Waals surface area contributed by atoms with Crippen LogP contribution < -0.4 is 10.2 Å². The molecule has 1 aromatic carbocycles. The van der Waals surface area contributed by atoms with Crippen LogP contribution in [0.3, 0.4) is 0 Å². The fraction of sp³-hybridized carbons (Fsp3) is 0.353. The zero-order valence-corrected chi connectivity index (χ0v) is 13.4. The zero-order valence-electron chi connectivity index (χ0n) is 13.4. The summed E-state index contributed by atoms with van der Waals surface area (Å²) in [7, 11) is 0. The Balaban J connectivity index is 1.67. The third kappa shape index (κ3) is 3.40. The molecule has 1 aliphatic rings. The predicted octanol–water partition coefficient (Wildman–Crippen LogP) is 3.82. The van der Waals surface area contributed by atoms with Gasteiger partial charge in [0.1, 0.15) is 4.92 Å². The molecule has 0 spiro atoms. The molecule has 0 radical (unpaired) electrons. The molecule has 3 rings (SSSR count). The average molecular weight is 329 g/mol. The van der Waals surface area contributed by atoms with Gasteiger partial charge in [-0.3, -0.25) is 14.9 Å². The number of benzene rings is 1. The van der Waals surface area contributed by atoms with Gasteiger partial charge < -0.3 is 14.6 Å². The number of rotatable bonds is 4. The predicted molar refractivity (Wildman–Crippen MR) is 90.4 cm³/mol. The van der Waals surface area contributed by atoms with Gasteiger partial charge in [0.2, 0.25) is 0 Å². The molecule has 24 heavy (non-hydrogen) atoms. The van der Waals surface area contributed by atoms with E-state index in [1.165, 1.54) is 25.3 Å². The molecule has 7 nitrogen and oxygen atoms in total. The monoisotopic (exact) mass is 329 g/mol. The summed E-state index contributed by atoms with van der Waals surface area (Å²) in [5, 5.41) is 13.3. The standard InChI is InChI=1S/C17H19N3O4/c1-12-4-2-3-11-19(12)14-7-5-13(6-8-14)18-17(21)15-9-10-16(24-15)20(22)23/h5-10,12H,2-4,11H2,1H3,(H,18,21)/t12-/m0/s1.